The summed E-state index contributed by atoms with van der Waals surface area (Å²) in [6, 6.07) is 8.63. The highest BCUT2D eigenvalue weighted by Gasteiger charge is 2.16. The number of nitrogens with one attached hydrogen (secondary N) is 3. The zero-order valence-electron chi connectivity index (χ0n) is 13.9. The fourth-order valence-electron chi connectivity index (χ4n) is 2.32. The van der Waals surface area contributed by atoms with Crippen LogP contribution in [0.4, 0.5) is 0 Å². The number of carbonyl (C=O) groups is 2. The molecule has 0 saturated carbocycles. The maximum Gasteiger partial charge on any atom is 0.252 e. The molecule has 0 radical (unpaired) electrons. The van der Waals surface area contributed by atoms with Gasteiger partial charge in [-0.15, -0.1) is 0 Å². The van der Waals surface area contributed by atoms with Crippen molar-refractivity contribution in [3.8, 4) is 0 Å². The summed E-state index contributed by atoms with van der Waals surface area (Å²) in [5, 5.41) is 3.25. The summed E-state index contributed by atoms with van der Waals surface area (Å²) in [7, 11) is 0. The number of benzene rings is 1. The zero-order valence-corrected chi connectivity index (χ0v) is 13.9. The Kier molecular flexibility index (Phi) is 7.60. The van der Waals surface area contributed by atoms with Crippen LogP contribution < -0.4 is 16.2 Å². The van der Waals surface area contributed by atoms with E-state index < -0.39 is 0 Å². The van der Waals surface area contributed by atoms with E-state index in [0.29, 0.717) is 5.92 Å². The smallest absolute Gasteiger partial charge is 0.252 e. The lowest BCUT2D eigenvalue weighted by molar-refractivity contribution is -0.127. The van der Waals surface area contributed by atoms with Crippen LogP contribution in [0.15, 0.2) is 24.3 Å². The first-order valence-corrected chi connectivity index (χ1v) is 7.81. The third-order valence-corrected chi connectivity index (χ3v) is 3.40. The predicted molar refractivity (Wildman–Crippen MR) is 88.0 cm³/mol. The number of aryl methyl sites for hydroxylation is 1. The molecule has 5 nitrogen and oxygen atoms in total. The third kappa shape index (κ3) is 6.26. The molecular weight excluding hydrogens is 278 g/mol. The molecule has 22 heavy (non-hydrogen) atoms. The number of hydrogen-bond donors (Lipinski definition) is 3. The Morgan fingerprint density at radius 1 is 1.09 bits per heavy atom. The van der Waals surface area contributed by atoms with Gasteiger partial charge in [0.15, 0.2) is 0 Å². The number of carbonyl (C=O) groups excluding carboxylic acids is 2. The van der Waals surface area contributed by atoms with Crippen LogP contribution in [0.5, 0.6) is 0 Å². The van der Waals surface area contributed by atoms with Crippen molar-refractivity contribution in [3.63, 3.8) is 0 Å². The lowest BCUT2D eigenvalue weighted by Crippen LogP contribution is -2.45. The summed E-state index contributed by atoms with van der Waals surface area (Å²) in [6.45, 7) is 7.90. The zero-order chi connectivity index (χ0) is 16.5. The largest absolute Gasteiger partial charge is 0.301 e. The van der Waals surface area contributed by atoms with Crippen molar-refractivity contribution in [2.45, 2.75) is 46.6 Å². The van der Waals surface area contributed by atoms with Crippen LogP contribution in [0.1, 0.15) is 51.3 Å². The van der Waals surface area contributed by atoms with Crippen molar-refractivity contribution in [2.24, 2.45) is 5.92 Å². The summed E-state index contributed by atoms with van der Waals surface area (Å²) in [4.78, 5) is 22.4. The summed E-state index contributed by atoms with van der Waals surface area (Å²) in [6.07, 6.45) is 2.22. The highest BCUT2D eigenvalue weighted by molar-refractivity contribution is 5.81. The number of hydrogen-bond acceptors (Lipinski definition) is 3. The van der Waals surface area contributed by atoms with E-state index in [1.165, 1.54) is 18.1 Å². The van der Waals surface area contributed by atoms with Crippen LogP contribution in [0.2, 0.25) is 0 Å². The van der Waals surface area contributed by atoms with Gasteiger partial charge in [-0.3, -0.25) is 20.4 Å². The Hall–Kier alpha value is -1.88. The third-order valence-electron chi connectivity index (χ3n) is 3.40. The minimum Gasteiger partial charge on any atom is -0.301 e. The molecular formula is C17H27N3O2. The van der Waals surface area contributed by atoms with Gasteiger partial charge >= 0.3 is 0 Å². The van der Waals surface area contributed by atoms with Gasteiger partial charge in [-0.2, -0.15) is 0 Å². The molecule has 0 aliphatic carbocycles. The van der Waals surface area contributed by atoms with Crippen LogP contribution in [-0.4, -0.2) is 18.4 Å². The van der Waals surface area contributed by atoms with Crippen molar-refractivity contribution in [1.29, 1.82) is 0 Å². The Labute approximate surface area is 132 Å². The van der Waals surface area contributed by atoms with Crippen molar-refractivity contribution in [2.75, 3.05) is 6.54 Å². The number of hydrazine groups is 1. The van der Waals surface area contributed by atoms with Gasteiger partial charge in [0.1, 0.15) is 0 Å². The molecule has 1 aromatic carbocycles. The van der Waals surface area contributed by atoms with Crippen LogP contribution >= 0.6 is 0 Å². The quantitative estimate of drug-likeness (QED) is 0.676. The summed E-state index contributed by atoms with van der Waals surface area (Å²) >= 11 is 0. The fourth-order valence-corrected chi connectivity index (χ4v) is 2.32. The molecule has 1 rings (SSSR count). The molecule has 1 aromatic rings. The van der Waals surface area contributed by atoms with Gasteiger partial charge in [0, 0.05) is 13.0 Å². The average Bonchev–Trinajstić information content (AvgIpc) is 2.47. The van der Waals surface area contributed by atoms with E-state index in [1.807, 2.05) is 0 Å². The molecule has 0 heterocycles. The molecule has 0 aliphatic heterocycles. The molecule has 2 amide bonds. The van der Waals surface area contributed by atoms with E-state index in [-0.39, 0.29) is 24.4 Å². The molecule has 0 aromatic heterocycles. The Morgan fingerprint density at radius 3 is 2.23 bits per heavy atom. The van der Waals surface area contributed by atoms with Crippen molar-refractivity contribution in [3.05, 3.63) is 35.4 Å². The van der Waals surface area contributed by atoms with Crippen molar-refractivity contribution >= 4 is 11.8 Å². The van der Waals surface area contributed by atoms with E-state index in [4.69, 9.17) is 0 Å². The summed E-state index contributed by atoms with van der Waals surface area (Å²) in [5.74, 6) is -0.200. The van der Waals surface area contributed by atoms with E-state index in [1.54, 1.807) is 0 Å². The average molecular weight is 305 g/mol. The predicted octanol–water partition coefficient (Wildman–Crippen LogP) is 2.09. The SMILES string of the molecule is CCCc1ccc([C@@H](NCC(=O)NNC(C)=O)C(C)C)cc1. The first-order valence-electron chi connectivity index (χ1n) is 7.81. The van der Waals surface area contributed by atoms with Gasteiger partial charge in [0.25, 0.3) is 5.91 Å². The Bertz CT molecular complexity index is 483. The molecule has 0 fully saturated rings. The van der Waals surface area contributed by atoms with Crippen LogP contribution in [0.25, 0.3) is 0 Å². The van der Waals surface area contributed by atoms with Gasteiger partial charge < -0.3 is 5.32 Å². The van der Waals surface area contributed by atoms with Crippen LogP contribution in [-0.2, 0) is 16.0 Å². The minimum atomic E-state index is -0.291. The summed E-state index contributed by atoms with van der Waals surface area (Å²) < 4.78 is 0. The lowest BCUT2D eigenvalue weighted by Gasteiger charge is -2.23. The molecule has 3 N–H and O–H groups in total. The number of rotatable bonds is 7. The minimum absolute atomic E-state index is 0.0961. The van der Waals surface area contributed by atoms with Gasteiger partial charge in [-0.05, 0) is 23.5 Å². The molecule has 1 atom stereocenters. The first-order chi connectivity index (χ1) is 10.4. The second-order valence-corrected chi connectivity index (χ2v) is 5.82. The van der Waals surface area contributed by atoms with Gasteiger partial charge in [-0.1, -0.05) is 51.5 Å². The van der Waals surface area contributed by atoms with Gasteiger partial charge in [0.05, 0.1) is 6.54 Å². The standard InChI is InChI=1S/C17H27N3O2/c1-5-6-14-7-9-15(10-8-14)17(12(2)3)18-11-16(22)20-19-13(4)21/h7-10,12,17-18H,5-6,11H2,1-4H3,(H,19,21)(H,20,22)/t17-/m0/s1. The molecule has 122 valence electrons. The van der Waals surface area contributed by atoms with Crippen molar-refractivity contribution < 1.29 is 9.59 Å². The van der Waals surface area contributed by atoms with Crippen LogP contribution in [0, 0.1) is 5.92 Å². The fraction of sp³-hybridized carbons (Fsp3) is 0.529. The monoisotopic (exact) mass is 305 g/mol. The molecule has 0 spiro atoms. The van der Waals surface area contributed by atoms with Gasteiger partial charge in [-0.25, -0.2) is 0 Å². The lowest BCUT2D eigenvalue weighted by atomic mass is 9.94. The summed E-state index contributed by atoms with van der Waals surface area (Å²) in [5.41, 5.74) is 7.13. The second kappa shape index (κ2) is 9.20. The van der Waals surface area contributed by atoms with Crippen molar-refractivity contribution in [1.82, 2.24) is 16.2 Å². The normalized spacial score (nSPS) is 12.0. The second-order valence-electron chi connectivity index (χ2n) is 5.82. The van der Waals surface area contributed by atoms with E-state index in [0.717, 1.165) is 12.8 Å². The molecule has 5 heteroatoms. The topological polar surface area (TPSA) is 70.2 Å². The molecule has 0 aliphatic rings. The highest BCUT2D eigenvalue weighted by Crippen LogP contribution is 2.22. The molecule has 0 bridgehead atoms. The van der Waals surface area contributed by atoms with E-state index >= 15 is 0 Å². The molecule has 0 saturated heterocycles. The van der Waals surface area contributed by atoms with Crippen LogP contribution in [0.3, 0.4) is 0 Å². The van der Waals surface area contributed by atoms with Gasteiger partial charge in [0.2, 0.25) is 5.91 Å². The first kappa shape index (κ1) is 18.2. The maximum absolute atomic E-state index is 11.7. The highest BCUT2D eigenvalue weighted by atomic mass is 16.2. The number of amides is 2. The molecule has 0 unspecified atom stereocenters. The van der Waals surface area contributed by atoms with E-state index in [9.17, 15) is 9.59 Å². The maximum atomic E-state index is 11.7. The Morgan fingerprint density at radius 2 is 1.73 bits per heavy atom. The Balaban J connectivity index is 2.61. The van der Waals surface area contributed by atoms with E-state index in [2.05, 4.69) is 61.2 Å².